The van der Waals surface area contributed by atoms with Gasteiger partial charge < -0.3 is 22.8 Å². The summed E-state index contributed by atoms with van der Waals surface area (Å²) in [6, 6.07) is 9.70. The van der Waals surface area contributed by atoms with E-state index in [0.717, 1.165) is 48.3 Å². The van der Waals surface area contributed by atoms with Crippen LogP contribution in [0.25, 0.3) is 10.9 Å². The lowest BCUT2D eigenvalue weighted by Crippen LogP contribution is -2.44. The number of likely N-dealkylation sites (N-methyl/N-ethyl adjacent to an activating group) is 1. The van der Waals surface area contributed by atoms with Crippen molar-refractivity contribution in [3.8, 4) is 5.75 Å². The number of fused-ring (bicyclic) bond motifs is 1. The number of anilines is 2. The highest BCUT2D eigenvalue weighted by Gasteiger charge is 2.26. The number of hydrogen-bond donors (Lipinski definition) is 1. The van der Waals surface area contributed by atoms with Crippen molar-refractivity contribution < 1.29 is 7.86 Å². The minimum absolute atomic E-state index is 0.0139. The minimum atomic E-state index is -0.527. The fraction of sp³-hybridized carbons (Fsp3) is 0.400. The monoisotopic (exact) mass is 575 g/mol. The highest BCUT2D eigenvalue weighted by molar-refractivity contribution is 14.1. The summed E-state index contributed by atoms with van der Waals surface area (Å²) in [6.45, 7) is 10.3. The first kappa shape index (κ1) is 24.5. The zero-order chi connectivity index (χ0) is 24.4. The van der Waals surface area contributed by atoms with Gasteiger partial charge in [0.1, 0.15) is 11.4 Å². The number of benzene rings is 1. The van der Waals surface area contributed by atoms with Crippen molar-refractivity contribution in [2.45, 2.75) is 27.3 Å². The van der Waals surface area contributed by atoms with Gasteiger partial charge in [0, 0.05) is 50.0 Å². The molecule has 0 unspecified atom stereocenters. The summed E-state index contributed by atoms with van der Waals surface area (Å²) in [4.78, 5) is 35.9. The Labute approximate surface area is 213 Å². The van der Waals surface area contributed by atoms with E-state index in [0.29, 0.717) is 12.4 Å². The van der Waals surface area contributed by atoms with Gasteiger partial charge >= 0.3 is 0 Å². The molecule has 4 rings (SSSR count). The number of piperazine rings is 1. The first-order valence-electron chi connectivity index (χ1n) is 11.5. The van der Waals surface area contributed by atoms with Crippen molar-refractivity contribution in [1.82, 2.24) is 14.5 Å². The van der Waals surface area contributed by atoms with Crippen LogP contribution in [0.1, 0.15) is 29.8 Å². The highest BCUT2D eigenvalue weighted by atomic mass is 127. The maximum atomic E-state index is 13.7. The van der Waals surface area contributed by atoms with Gasteiger partial charge in [0.05, 0.1) is 5.52 Å². The van der Waals surface area contributed by atoms with Gasteiger partial charge in [0.2, 0.25) is 0 Å². The van der Waals surface area contributed by atoms with E-state index in [1.165, 1.54) is 0 Å². The first-order chi connectivity index (χ1) is 16.3. The number of aromatic nitrogens is 2. The summed E-state index contributed by atoms with van der Waals surface area (Å²) >= 11 is 1.75. The van der Waals surface area contributed by atoms with Crippen LogP contribution in [0.5, 0.6) is 5.75 Å². The number of rotatable bonds is 6. The normalized spacial score (nSPS) is 14.6. The van der Waals surface area contributed by atoms with Crippen LogP contribution in [-0.4, -0.2) is 53.6 Å². The number of carbonyl (C=O) groups is 1. The molecule has 3 aromatic rings. The Morgan fingerprint density at radius 1 is 1.21 bits per heavy atom. The standard InChI is InChI=1S/C25H30IN5O3/c1-16(2)15-31-20-14-18(30-12-10-29(4)11-13-30)7-8-19(20)22(34-26)21(25(31)33)24(32)28-23-17(3)6-5-9-27-23/h5-9,14,16H,10-13,15H2,1-4H3,(H,27,28,32). The zero-order valence-corrected chi connectivity index (χ0v) is 22.1. The Hall–Kier alpha value is -2.66. The van der Waals surface area contributed by atoms with Gasteiger partial charge in [0.25, 0.3) is 11.5 Å². The maximum absolute atomic E-state index is 13.7. The molecule has 1 saturated heterocycles. The Bertz CT molecular complexity index is 1270. The minimum Gasteiger partial charge on any atom is -0.426 e. The van der Waals surface area contributed by atoms with Crippen molar-refractivity contribution in [3.63, 3.8) is 0 Å². The summed E-state index contributed by atoms with van der Waals surface area (Å²) in [7, 11) is 2.13. The van der Waals surface area contributed by atoms with Crippen LogP contribution < -0.4 is 18.8 Å². The van der Waals surface area contributed by atoms with Crippen molar-refractivity contribution in [2.75, 3.05) is 43.4 Å². The summed E-state index contributed by atoms with van der Waals surface area (Å²) < 4.78 is 7.35. The van der Waals surface area contributed by atoms with Crippen LogP contribution >= 0.6 is 23.0 Å². The molecular formula is C25H30IN5O3. The third kappa shape index (κ3) is 4.90. The maximum Gasteiger partial charge on any atom is 0.267 e. The molecule has 0 radical (unpaired) electrons. The van der Waals surface area contributed by atoms with Crippen LogP contribution in [0.3, 0.4) is 0 Å². The number of pyridine rings is 2. The molecule has 0 atom stereocenters. The summed E-state index contributed by atoms with van der Waals surface area (Å²) in [5.74, 6) is 0.387. The lowest BCUT2D eigenvalue weighted by atomic mass is 10.1. The Balaban J connectivity index is 1.86. The molecule has 0 aliphatic carbocycles. The van der Waals surface area contributed by atoms with E-state index in [2.05, 4.69) is 41.0 Å². The van der Waals surface area contributed by atoms with Gasteiger partial charge in [-0.2, -0.15) is 0 Å². The molecule has 0 spiro atoms. The number of halogens is 1. The van der Waals surface area contributed by atoms with Crippen molar-refractivity contribution in [1.29, 1.82) is 0 Å². The number of nitrogens with zero attached hydrogens (tertiary/aromatic N) is 4. The lowest BCUT2D eigenvalue weighted by molar-refractivity contribution is 0.102. The molecule has 1 fully saturated rings. The molecule has 9 heteroatoms. The van der Waals surface area contributed by atoms with Crippen LogP contribution in [0, 0.1) is 12.8 Å². The van der Waals surface area contributed by atoms with Crippen molar-refractivity contribution >= 4 is 51.3 Å². The van der Waals surface area contributed by atoms with Crippen LogP contribution in [0.2, 0.25) is 0 Å². The van der Waals surface area contributed by atoms with E-state index >= 15 is 0 Å². The second kappa shape index (κ2) is 10.3. The zero-order valence-electron chi connectivity index (χ0n) is 20.0. The molecule has 180 valence electrons. The second-order valence-corrected chi connectivity index (χ2v) is 9.65. The summed E-state index contributed by atoms with van der Waals surface area (Å²) in [5.41, 5.74) is 2.27. The number of nitrogens with one attached hydrogen (secondary N) is 1. The molecule has 0 saturated carbocycles. The quantitative estimate of drug-likeness (QED) is 0.447. The number of hydrogen-bond acceptors (Lipinski definition) is 6. The fourth-order valence-electron chi connectivity index (χ4n) is 4.29. The number of aryl methyl sites for hydroxylation is 1. The summed E-state index contributed by atoms with van der Waals surface area (Å²) in [5, 5.41) is 3.53. The molecule has 1 aliphatic rings. The van der Waals surface area contributed by atoms with Crippen molar-refractivity contribution in [2.24, 2.45) is 5.92 Å². The second-order valence-electron chi connectivity index (χ2n) is 9.21. The third-order valence-corrected chi connectivity index (χ3v) is 6.60. The van der Waals surface area contributed by atoms with E-state index < -0.39 is 5.91 Å². The Kier molecular flexibility index (Phi) is 7.42. The summed E-state index contributed by atoms with van der Waals surface area (Å²) in [6.07, 6.45) is 1.61. The SMILES string of the molecule is Cc1cccnc1NC(=O)c1c(OI)c2ccc(N3CCN(C)CC3)cc2n(CC(C)C)c1=O. The van der Waals surface area contributed by atoms with Gasteiger partial charge in [-0.1, -0.05) is 19.9 Å². The largest absolute Gasteiger partial charge is 0.426 e. The molecule has 1 amide bonds. The number of carbonyl (C=O) groups excluding carboxylic acids is 1. The van der Waals surface area contributed by atoms with E-state index in [1.54, 1.807) is 39.8 Å². The molecular weight excluding hydrogens is 545 g/mol. The topological polar surface area (TPSA) is 79.7 Å². The highest BCUT2D eigenvalue weighted by Crippen LogP contribution is 2.33. The molecule has 1 N–H and O–H groups in total. The predicted molar refractivity (Wildman–Crippen MR) is 144 cm³/mol. The molecule has 0 bridgehead atoms. The van der Waals surface area contributed by atoms with E-state index in [-0.39, 0.29) is 22.8 Å². The van der Waals surface area contributed by atoms with Gasteiger partial charge in [-0.15, -0.1) is 0 Å². The molecule has 2 aromatic heterocycles. The molecule has 1 aliphatic heterocycles. The smallest absolute Gasteiger partial charge is 0.267 e. The van der Waals surface area contributed by atoms with E-state index in [4.69, 9.17) is 3.07 Å². The Morgan fingerprint density at radius 2 is 1.94 bits per heavy atom. The number of amides is 1. The van der Waals surface area contributed by atoms with Gasteiger partial charge in [-0.25, -0.2) is 4.98 Å². The fourth-order valence-corrected chi connectivity index (χ4v) is 4.74. The van der Waals surface area contributed by atoms with Crippen LogP contribution in [-0.2, 0) is 6.54 Å². The lowest BCUT2D eigenvalue weighted by Gasteiger charge is -2.34. The first-order valence-corrected chi connectivity index (χ1v) is 12.3. The average Bonchev–Trinajstić information content (AvgIpc) is 2.82. The molecule has 34 heavy (non-hydrogen) atoms. The molecule has 3 heterocycles. The average molecular weight is 575 g/mol. The van der Waals surface area contributed by atoms with Crippen LogP contribution in [0.15, 0.2) is 41.3 Å². The predicted octanol–water partition coefficient (Wildman–Crippen LogP) is 4.09. The molecule has 8 nitrogen and oxygen atoms in total. The van der Waals surface area contributed by atoms with Gasteiger partial charge in [-0.05, 0) is 49.7 Å². The molecule has 1 aromatic carbocycles. The van der Waals surface area contributed by atoms with E-state index in [9.17, 15) is 9.59 Å². The van der Waals surface area contributed by atoms with Crippen LogP contribution in [0.4, 0.5) is 11.5 Å². The van der Waals surface area contributed by atoms with Crippen molar-refractivity contribution in [3.05, 3.63) is 58.0 Å². The van der Waals surface area contributed by atoms with Gasteiger partial charge in [0.15, 0.2) is 28.8 Å². The van der Waals surface area contributed by atoms with E-state index in [1.807, 2.05) is 31.2 Å². The van der Waals surface area contributed by atoms with Gasteiger partial charge in [-0.3, -0.25) is 9.59 Å². The Morgan fingerprint density at radius 3 is 2.59 bits per heavy atom. The third-order valence-electron chi connectivity index (χ3n) is 6.16.